The maximum atomic E-state index is 10.6. The van der Waals surface area contributed by atoms with Gasteiger partial charge in [-0.05, 0) is 36.1 Å². The molecule has 0 aromatic heterocycles. The topological polar surface area (TPSA) is 55.1 Å². The molecule has 0 fully saturated rings. The van der Waals surface area contributed by atoms with Gasteiger partial charge in [0.25, 0.3) is 0 Å². The second-order valence-electron chi connectivity index (χ2n) is 4.10. The Bertz CT molecular complexity index is 406. The van der Waals surface area contributed by atoms with Crippen LogP contribution < -0.4 is 11.1 Å². The summed E-state index contributed by atoms with van der Waals surface area (Å²) in [6.45, 7) is 0.662. The summed E-state index contributed by atoms with van der Waals surface area (Å²) < 4.78 is 1.13. The number of amides is 1. The van der Waals surface area contributed by atoms with Gasteiger partial charge in [0.15, 0.2) is 0 Å². The van der Waals surface area contributed by atoms with Crippen LogP contribution in [0.4, 0.5) is 0 Å². The molecule has 0 saturated heterocycles. The van der Waals surface area contributed by atoms with Crippen LogP contribution in [0.2, 0.25) is 0 Å². The highest BCUT2D eigenvalue weighted by molar-refractivity contribution is 9.10. The fraction of sp³-hybridized carbons (Fsp3) is 0.417. The number of hydrogen-bond acceptors (Lipinski definition) is 2. The minimum atomic E-state index is -0.249. The first-order valence-corrected chi connectivity index (χ1v) is 6.26. The summed E-state index contributed by atoms with van der Waals surface area (Å²) >= 11 is 3.47. The van der Waals surface area contributed by atoms with Gasteiger partial charge in [0, 0.05) is 23.5 Å². The molecule has 0 heterocycles. The SMILES string of the molecule is NC(=O)CCNC1CCc2cc(Br)ccc21. The summed E-state index contributed by atoms with van der Waals surface area (Å²) in [5, 5.41) is 3.37. The van der Waals surface area contributed by atoms with Gasteiger partial charge < -0.3 is 11.1 Å². The highest BCUT2D eigenvalue weighted by atomic mass is 79.9. The van der Waals surface area contributed by atoms with Crippen LogP contribution in [-0.4, -0.2) is 12.5 Å². The van der Waals surface area contributed by atoms with Gasteiger partial charge in [-0.1, -0.05) is 22.0 Å². The van der Waals surface area contributed by atoms with E-state index < -0.39 is 0 Å². The molecule has 0 aliphatic heterocycles. The Morgan fingerprint density at radius 2 is 2.38 bits per heavy atom. The molecule has 1 atom stereocenters. The van der Waals surface area contributed by atoms with E-state index in [4.69, 9.17) is 5.73 Å². The lowest BCUT2D eigenvalue weighted by molar-refractivity contribution is -0.117. The van der Waals surface area contributed by atoms with E-state index in [0.717, 1.165) is 17.3 Å². The lowest BCUT2D eigenvalue weighted by atomic mass is 10.1. The molecule has 3 N–H and O–H groups in total. The van der Waals surface area contributed by atoms with Gasteiger partial charge in [-0.2, -0.15) is 0 Å². The molecule has 16 heavy (non-hydrogen) atoms. The van der Waals surface area contributed by atoms with E-state index in [1.54, 1.807) is 0 Å². The fourth-order valence-corrected chi connectivity index (χ4v) is 2.58. The Morgan fingerprint density at radius 1 is 1.56 bits per heavy atom. The van der Waals surface area contributed by atoms with Crippen LogP contribution in [0.15, 0.2) is 22.7 Å². The Kier molecular flexibility index (Phi) is 3.61. The van der Waals surface area contributed by atoms with E-state index in [1.807, 2.05) is 0 Å². The molecular formula is C12H15BrN2O. The highest BCUT2D eigenvalue weighted by Crippen LogP contribution is 2.32. The average molecular weight is 283 g/mol. The van der Waals surface area contributed by atoms with Crippen LogP contribution in [0.25, 0.3) is 0 Å². The monoisotopic (exact) mass is 282 g/mol. The van der Waals surface area contributed by atoms with Crippen molar-refractivity contribution in [1.82, 2.24) is 5.32 Å². The van der Waals surface area contributed by atoms with E-state index in [9.17, 15) is 4.79 Å². The second-order valence-corrected chi connectivity index (χ2v) is 5.02. The minimum Gasteiger partial charge on any atom is -0.370 e. The molecule has 1 amide bonds. The maximum absolute atomic E-state index is 10.6. The van der Waals surface area contributed by atoms with Crippen molar-refractivity contribution in [1.29, 1.82) is 0 Å². The Hall–Kier alpha value is -0.870. The molecule has 0 bridgehead atoms. The van der Waals surface area contributed by atoms with Crippen LogP contribution >= 0.6 is 15.9 Å². The van der Waals surface area contributed by atoms with Crippen molar-refractivity contribution >= 4 is 21.8 Å². The van der Waals surface area contributed by atoms with Crippen molar-refractivity contribution in [3.05, 3.63) is 33.8 Å². The molecule has 1 unspecified atom stereocenters. The van der Waals surface area contributed by atoms with Crippen LogP contribution in [-0.2, 0) is 11.2 Å². The third-order valence-corrected chi connectivity index (χ3v) is 3.44. The Morgan fingerprint density at radius 3 is 3.12 bits per heavy atom. The molecular weight excluding hydrogens is 268 g/mol. The summed E-state index contributed by atoms with van der Waals surface area (Å²) in [6, 6.07) is 6.76. The van der Waals surface area contributed by atoms with Crippen molar-refractivity contribution in [3.8, 4) is 0 Å². The first kappa shape index (κ1) is 11.6. The van der Waals surface area contributed by atoms with Gasteiger partial charge in [-0.3, -0.25) is 4.79 Å². The number of aryl methyl sites for hydroxylation is 1. The molecule has 1 aromatic rings. The van der Waals surface area contributed by atoms with Crippen LogP contribution in [0.5, 0.6) is 0 Å². The van der Waals surface area contributed by atoms with Crippen molar-refractivity contribution < 1.29 is 4.79 Å². The molecule has 0 spiro atoms. The molecule has 1 aromatic carbocycles. The van der Waals surface area contributed by atoms with Gasteiger partial charge in [0.2, 0.25) is 5.91 Å². The first-order valence-electron chi connectivity index (χ1n) is 5.47. The summed E-state index contributed by atoms with van der Waals surface area (Å²) in [5.74, 6) is -0.249. The smallest absolute Gasteiger partial charge is 0.218 e. The van der Waals surface area contributed by atoms with Crippen molar-refractivity contribution in [2.75, 3.05) is 6.54 Å². The summed E-state index contributed by atoms with van der Waals surface area (Å²) in [5.41, 5.74) is 7.86. The first-order chi connectivity index (χ1) is 7.66. The summed E-state index contributed by atoms with van der Waals surface area (Å²) in [7, 11) is 0. The molecule has 0 radical (unpaired) electrons. The van der Waals surface area contributed by atoms with Crippen LogP contribution in [0, 0.1) is 0 Å². The van der Waals surface area contributed by atoms with E-state index in [2.05, 4.69) is 39.4 Å². The van der Waals surface area contributed by atoms with Gasteiger partial charge >= 0.3 is 0 Å². The third-order valence-electron chi connectivity index (χ3n) is 2.94. The van der Waals surface area contributed by atoms with Gasteiger partial charge in [0.1, 0.15) is 0 Å². The van der Waals surface area contributed by atoms with Crippen LogP contribution in [0.1, 0.15) is 30.0 Å². The number of carbonyl (C=O) groups is 1. The van der Waals surface area contributed by atoms with E-state index in [0.29, 0.717) is 19.0 Å². The third kappa shape index (κ3) is 2.62. The van der Waals surface area contributed by atoms with E-state index in [1.165, 1.54) is 11.1 Å². The van der Waals surface area contributed by atoms with Crippen LogP contribution in [0.3, 0.4) is 0 Å². The number of rotatable bonds is 4. The summed E-state index contributed by atoms with van der Waals surface area (Å²) in [6.07, 6.45) is 2.61. The Labute approximate surface area is 104 Å². The predicted molar refractivity (Wildman–Crippen MR) is 67.0 cm³/mol. The predicted octanol–water partition coefficient (Wildman–Crippen LogP) is 1.90. The lowest BCUT2D eigenvalue weighted by Crippen LogP contribution is -2.24. The molecule has 0 saturated carbocycles. The zero-order valence-electron chi connectivity index (χ0n) is 9.00. The van der Waals surface area contributed by atoms with E-state index in [-0.39, 0.29) is 5.91 Å². The number of primary amides is 1. The standard InChI is InChI=1S/C12H15BrN2O/c13-9-2-3-10-8(7-9)1-4-11(10)15-6-5-12(14)16/h2-3,7,11,15H,1,4-6H2,(H2,14,16). The lowest BCUT2D eigenvalue weighted by Gasteiger charge is -2.13. The molecule has 4 heteroatoms. The molecule has 1 aliphatic carbocycles. The number of halogens is 1. The number of carbonyl (C=O) groups excluding carboxylic acids is 1. The fourth-order valence-electron chi connectivity index (χ4n) is 2.17. The number of benzene rings is 1. The average Bonchev–Trinajstić information content (AvgIpc) is 2.60. The maximum Gasteiger partial charge on any atom is 0.218 e. The molecule has 86 valence electrons. The van der Waals surface area contributed by atoms with Gasteiger partial charge in [-0.25, -0.2) is 0 Å². The van der Waals surface area contributed by atoms with Gasteiger partial charge in [-0.15, -0.1) is 0 Å². The minimum absolute atomic E-state index is 0.249. The van der Waals surface area contributed by atoms with Crippen molar-refractivity contribution in [3.63, 3.8) is 0 Å². The molecule has 3 nitrogen and oxygen atoms in total. The van der Waals surface area contributed by atoms with Crippen molar-refractivity contribution in [2.45, 2.75) is 25.3 Å². The van der Waals surface area contributed by atoms with E-state index >= 15 is 0 Å². The molecule has 2 rings (SSSR count). The quantitative estimate of drug-likeness (QED) is 0.886. The highest BCUT2D eigenvalue weighted by Gasteiger charge is 2.21. The normalized spacial score (nSPS) is 18.4. The summed E-state index contributed by atoms with van der Waals surface area (Å²) in [4.78, 5) is 10.6. The number of nitrogens with one attached hydrogen (secondary N) is 1. The number of hydrogen-bond donors (Lipinski definition) is 2. The molecule has 1 aliphatic rings. The van der Waals surface area contributed by atoms with Gasteiger partial charge in [0.05, 0.1) is 0 Å². The zero-order chi connectivity index (χ0) is 11.5. The largest absolute Gasteiger partial charge is 0.370 e. The Balaban J connectivity index is 1.98. The van der Waals surface area contributed by atoms with Crippen molar-refractivity contribution in [2.24, 2.45) is 5.73 Å². The number of fused-ring (bicyclic) bond motifs is 1. The number of nitrogens with two attached hydrogens (primary N) is 1. The zero-order valence-corrected chi connectivity index (χ0v) is 10.6. The second kappa shape index (κ2) is 4.97.